The summed E-state index contributed by atoms with van der Waals surface area (Å²) in [5.41, 5.74) is 1.86. The number of hydrogen-bond acceptors (Lipinski definition) is 3. The molecule has 2 aromatic rings. The molecule has 5 heteroatoms. The maximum atomic E-state index is 5.68. The predicted molar refractivity (Wildman–Crippen MR) is 78.3 cm³/mol. The first kappa shape index (κ1) is 13.9. The molecule has 0 N–H and O–H groups in total. The molecular formula is C14H17BrN2O2. The highest BCUT2D eigenvalue weighted by Gasteiger charge is 2.17. The normalized spacial score (nSPS) is 10.8. The average Bonchev–Trinajstić information content (AvgIpc) is 2.66. The Morgan fingerprint density at radius 2 is 1.95 bits per heavy atom. The van der Waals surface area contributed by atoms with E-state index in [-0.39, 0.29) is 6.10 Å². The van der Waals surface area contributed by atoms with Crippen LogP contribution in [0.4, 0.5) is 0 Å². The van der Waals surface area contributed by atoms with Gasteiger partial charge in [0.05, 0.1) is 18.9 Å². The fraction of sp³-hybridized carbons (Fsp3) is 0.357. The highest BCUT2D eigenvalue weighted by atomic mass is 79.9. The van der Waals surface area contributed by atoms with Crippen molar-refractivity contribution in [2.75, 3.05) is 7.11 Å². The molecule has 19 heavy (non-hydrogen) atoms. The van der Waals surface area contributed by atoms with Gasteiger partial charge in [-0.05, 0) is 48.8 Å². The van der Waals surface area contributed by atoms with Crippen LogP contribution in [0.25, 0.3) is 5.69 Å². The van der Waals surface area contributed by atoms with Crippen LogP contribution in [0.2, 0.25) is 0 Å². The van der Waals surface area contributed by atoms with Crippen LogP contribution in [0.1, 0.15) is 19.5 Å². The van der Waals surface area contributed by atoms with E-state index in [0.29, 0.717) is 5.88 Å². The zero-order valence-electron chi connectivity index (χ0n) is 11.5. The second-order valence-corrected chi connectivity index (χ2v) is 5.25. The summed E-state index contributed by atoms with van der Waals surface area (Å²) < 4.78 is 13.7. The van der Waals surface area contributed by atoms with E-state index in [1.54, 1.807) is 7.11 Å². The van der Waals surface area contributed by atoms with E-state index in [4.69, 9.17) is 9.47 Å². The van der Waals surface area contributed by atoms with E-state index in [1.807, 2.05) is 49.7 Å². The monoisotopic (exact) mass is 324 g/mol. The van der Waals surface area contributed by atoms with Gasteiger partial charge in [0.15, 0.2) is 0 Å². The quantitative estimate of drug-likeness (QED) is 0.859. The number of para-hydroxylation sites is 2. The first-order valence-electron chi connectivity index (χ1n) is 6.09. The minimum atomic E-state index is 0.0803. The lowest BCUT2D eigenvalue weighted by Crippen LogP contribution is -2.07. The molecule has 1 heterocycles. The SMILES string of the molecule is COc1ccccc1-n1nc(OC(C)C)c(Br)c1C. The van der Waals surface area contributed by atoms with E-state index in [1.165, 1.54) is 0 Å². The van der Waals surface area contributed by atoms with E-state index in [2.05, 4.69) is 21.0 Å². The minimum Gasteiger partial charge on any atom is -0.494 e. The first-order chi connectivity index (χ1) is 9.04. The van der Waals surface area contributed by atoms with Crippen LogP contribution in [-0.2, 0) is 0 Å². The van der Waals surface area contributed by atoms with Crippen molar-refractivity contribution in [3.63, 3.8) is 0 Å². The Bertz CT molecular complexity index is 579. The molecule has 0 aliphatic rings. The topological polar surface area (TPSA) is 36.3 Å². The maximum Gasteiger partial charge on any atom is 0.248 e. The van der Waals surface area contributed by atoms with Gasteiger partial charge in [-0.15, -0.1) is 5.10 Å². The molecule has 0 atom stereocenters. The Kier molecular flexibility index (Phi) is 4.14. The van der Waals surface area contributed by atoms with Gasteiger partial charge in [0, 0.05) is 0 Å². The summed E-state index contributed by atoms with van der Waals surface area (Å²) >= 11 is 3.52. The molecule has 0 unspecified atom stereocenters. The second kappa shape index (κ2) is 5.65. The van der Waals surface area contributed by atoms with E-state index >= 15 is 0 Å². The van der Waals surface area contributed by atoms with Gasteiger partial charge in [0.2, 0.25) is 5.88 Å². The van der Waals surface area contributed by atoms with Crippen LogP contribution in [-0.4, -0.2) is 23.0 Å². The highest BCUT2D eigenvalue weighted by molar-refractivity contribution is 9.10. The molecule has 2 rings (SSSR count). The van der Waals surface area contributed by atoms with Crippen molar-refractivity contribution >= 4 is 15.9 Å². The van der Waals surface area contributed by atoms with Crippen LogP contribution in [0.5, 0.6) is 11.6 Å². The van der Waals surface area contributed by atoms with Crippen LogP contribution in [0.3, 0.4) is 0 Å². The molecule has 102 valence electrons. The Balaban J connectivity index is 2.51. The second-order valence-electron chi connectivity index (χ2n) is 4.45. The number of hydrogen-bond donors (Lipinski definition) is 0. The van der Waals surface area contributed by atoms with Crippen molar-refractivity contribution in [3.8, 4) is 17.3 Å². The molecule has 0 saturated heterocycles. The lowest BCUT2D eigenvalue weighted by molar-refractivity contribution is 0.230. The number of halogens is 1. The maximum absolute atomic E-state index is 5.68. The van der Waals surface area contributed by atoms with Gasteiger partial charge >= 0.3 is 0 Å². The van der Waals surface area contributed by atoms with E-state index in [0.717, 1.165) is 21.6 Å². The molecule has 4 nitrogen and oxygen atoms in total. The van der Waals surface area contributed by atoms with Crippen molar-refractivity contribution < 1.29 is 9.47 Å². The van der Waals surface area contributed by atoms with Crippen molar-refractivity contribution in [2.24, 2.45) is 0 Å². The van der Waals surface area contributed by atoms with Gasteiger partial charge in [0.1, 0.15) is 15.9 Å². The molecule has 1 aromatic carbocycles. The van der Waals surface area contributed by atoms with Crippen LogP contribution in [0.15, 0.2) is 28.7 Å². The van der Waals surface area contributed by atoms with Gasteiger partial charge in [-0.1, -0.05) is 12.1 Å². The van der Waals surface area contributed by atoms with Gasteiger partial charge in [-0.2, -0.15) is 0 Å². The largest absolute Gasteiger partial charge is 0.494 e. The third-order valence-electron chi connectivity index (χ3n) is 2.67. The molecule has 1 aromatic heterocycles. The van der Waals surface area contributed by atoms with Gasteiger partial charge in [-0.3, -0.25) is 0 Å². The molecule has 0 radical (unpaired) electrons. The van der Waals surface area contributed by atoms with Crippen molar-refractivity contribution in [3.05, 3.63) is 34.4 Å². The minimum absolute atomic E-state index is 0.0803. The third kappa shape index (κ3) is 2.76. The fourth-order valence-electron chi connectivity index (χ4n) is 1.80. The number of rotatable bonds is 4. The summed E-state index contributed by atoms with van der Waals surface area (Å²) in [5.74, 6) is 1.37. The van der Waals surface area contributed by atoms with Crippen molar-refractivity contribution in [2.45, 2.75) is 26.9 Å². The van der Waals surface area contributed by atoms with Crippen LogP contribution in [0, 0.1) is 6.92 Å². The summed E-state index contributed by atoms with van der Waals surface area (Å²) in [5, 5.41) is 4.50. The van der Waals surface area contributed by atoms with Gasteiger partial charge in [-0.25, -0.2) is 4.68 Å². The standard InChI is InChI=1S/C14H17BrN2O2/c1-9(2)19-14-13(15)10(3)17(16-14)11-7-5-6-8-12(11)18-4/h5-9H,1-4H3. The molecule has 0 fully saturated rings. The summed E-state index contributed by atoms with van der Waals surface area (Å²) in [6.07, 6.45) is 0.0803. The zero-order valence-corrected chi connectivity index (χ0v) is 13.1. The van der Waals surface area contributed by atoms with Crippen molar-refractivity contribution in [1.82, 2.24) is 9.78 Å². The number of methoxy groups -OCH3 is 1. The summed E-state index contributed by atoms with van der Waals surface area (Å²) in [6.45, 7) is 5.94. The number of benzene rings is 1. The Morgan fingerprint density at radius 3 is 2.58 bits per heavy atom. The number of aromatic nitrogens is 2. The van der Waals surface area contributed by atoms with Crippen LogP contribution < -0.4 is 9.47 Å². The molecule has 0 amide bonds. The van der Waals surface area contributed by atoms with Crippen molar-refractivity contribution in [1.29, 1.82) is 0 Å². The smallest absolute Gasteiger partial charge is 0.248 e. The first-order valence-corrected chi connectivity index (χ1v) is 6.89. The van der Waals surface area contributed by atoms with Crippen LogP contribution >= 0.6 is 15.9 Å². The lowest BCUT2D eigenvalue weighted by atomic mass is 10.3. The van der Waals surface area contributed by atoms with E-state index < -0.39 is 0 Å². The molecule has 0 aliphatic carbocycles. The average molecular weight is 325 g/mol. The van der Waals surface area contributed by atoms with Gasteiger partial charge in [0.25, 0.3) is 0 Å². The molecule has 0 bridgehead atoms. The summed E-state index contributed by atoms with van der Waals surface area (Å²) in [7, 11) is 1.65. The molecular weight excluding hydrogens is 308 g/mol. The summed E-state index contributed by atoms with van der Waals surface area (Å²) in [6, 6.07) is 7.76. The third-order valence-corrected chi connectivity index (χ3v) is 3.59. The highest BCUT2D eigenvalue weighted by Crippen LogP contribution is 2.32. The Morgan fingerprint density at radius 1 is 1.26 bits per heavy atom. The summed E-state index contributed by atoms with van der Waals surface area (Å²) in [4.78, 5) is 0. The number of nitrogens with zero attached hydrogens (tertiary/aromatic N) is 2. The Hall–Kier alpha value is -1.49. The van der Waals surface area contributed by atoms with E-state index in [9.17, 15) is 0 Å². The zero-order chi connectivity index (χ0) is 14.0. The Labute approximate surface area is 121 Å². The molecule has 0 aliphatic heterocycles. The number of ether oxygens (including phenoxy) is 2. The lowest BCUT2D eigenvalue weighted by Gasteiger charge is -2.09. The molecule has 0 spiro atoms. The van der Waals surface area contributed by atoms with Gasteiger partial charge < -0.3 is 9.47 Å². The molecule has 0 saturated carbocycles. The fourth-order valence-corrected chi connectivity index (χ4v) is 2.14. The predicted octanol–water partition coefficient (Wildman–Crippen LogP) is 3.74.